The molecule has 4 nitrogen and oxygen atoms in total. The highest BCUT2D eigenvalue weighted by Crippen LogP contribution is 2.63. The lowest BCUT2D eigenvalue weighted by Crippen LogP contribution is -2.53. The molecular formula is C24H16BrNO3. The van der Waals surface area contributed by atoms with E-state index in [-0.39, 0.29) is 17.7 Å². The van der Waals surface area contributed by atoms with Gasteiger partial charge in [-0.3, -0.25) is 9.59 Å². The van der Waals surface area contributed by atoms with Crippen LogP contribution in [0, 0.1) is 11.8 Å². The third-order valence-corrected chi connectivity index (χ3v) is 7.19. The van der Waals surface area contributed by atoms with Crippen molar-refractivity contribution >= 4 is 33.4 Å². The van der Waals surface area contributed by atoms with Gasteiger partial charge in [0.2, 0.25) is 11.8 Å². The number of carbonyl (C=O) groups is 2. The highest BCUT2D eigenvalue weighted by Gasteiger charge is 2.68. The molecule has 1 aliphatic heterocycles. The topological polar surface area (TPSA) is 57.6 Å². The van der Waals surface area contributed by atoms with Gasteiger partial charge in [-0.25, -0.2) is 4.90 Å². The first-order chi connectivity index (χ1) is 14.0. The maximum absolute atomic E-state index is 13.6. The fourth-order valence-corrected chi connectivity index (χ4v) is 5.84. The van der Waals surface area contributed by atoms with Crippen LogP contribution in [0.4, 0.5) is 5.69 Å². The van der Waals surface area contributed by atoms with E-state index in [2.05, 4.69) is 15.9 Å². The molecule has 29 heavy (non-hydrogen) atoms. The van der Waals surface area contributed by atoms with Crippen molar-refractivity contribution in [3.8, 4) is 0 Å². The van der Waals surface area contributed by atoms with Crippen LogP contribution in [-0.2, 0) is 15.2 Å². The minimum Gasteiger partial charge on any atom is -0.379 e. The van der Waals surface area contributed by atoms with Crippen molar-refractivity contribution in [3.05, 3.63) is 99.5 Å². The van der Waals surface area contributed by atoms with Crippen molar-refractivity contribution in [2.75, 3.05) is 4.90 Å². The molecule has 1 heterocycles. The molecule has 1 fully saturated rings. The number of carbonyl (C=O) groups excluding carboxylic acids is 2. The Labute approximate surface area is 175 Å². The van der Waals surface area contributed by atoms with E-state index >= 15 is 0 Å². The molecule has 2 amide bonds. The second-order valence-corrected chi connectivity index (χ2v) is 8.83. The second-order valence-electron chi connectivity index (χ2n) is 7.91. The van der Waals surface area contributed by atoms with Crippen LogP contribution in [-0.4, -0.2) is 16.9 Å². The maximum atomic E-state index is 13.6. The molecule has 2 unspecified atom stereocenters. The maximum Gasteiger partial charge on any atom is 0.241 e. The predicted molar refractivity (Wildman–Crippen MR) is 111 cm³/mol. The molecule has 2 atom stereocenters. The third-order valence-electron chi connectivity index (χ3n) is 6.66. The van der Waals surface area contributed by atoms with Gasteiger partial charge in [0.1, 0.15) is 5.60 Å². The Morgan fingerprint density at radius 1 is 0.793 bits per heavy atom. The van der Waals surface area contributed by atoms with Gasteiger partial charge >= 0.3 is 0 Å². The van der Waals surface area contributed by atoms with Crippen LogP contribution in [0.2, 0.25) is 0 Å². The number of aliphatic hydroxyl groups is 1. The van der Waals surface area contributed by atoms with Crippen molar-refractivity contribution in [1.82, 2.24) is 0 Å². The molecule has 3 aromatic carbocycles. The van der Waals surface area contributed by atoms with Crippen molar-refractivity contribution in [3.63, 3.8) is 0 Å². The van der Waals surface area contributed by atoms with E-state index in [0.29, 0.717) is 5.69 Å². The fraction of sp³-hybridized carbons (Fsp3) is 0.167. The Kier molecular flexibility index (Phi) is 3.34. The van der Waals surface area contributed by atoms with E-state index < -0.39 is 17.4 Å². The molecule has 7 rings (SSSR count). The van der Waals surface area contributed by atoms with Crippen molar-refractivity contribution < 1.29 is 14.7 Å². The number of nitrogens with zero attached hydrogens (tertiary/aromatic N) is 1. The molecule has 3 aliphatic carbocycles. The zero-order valence-corrected chi connectivity index (χ0v) is 16.8. The Morgan fingerprint density at radius 3 is 1.93 bits per heavy atom. The van der Waals surface area contributed by atoms with Gasteiger partial charge in [0.25, 0.3) is 0 Å². The summed E-state index contributed by atoms with van der Waals surface area (Å²) < 4.78 is 0.872. The lowest BCUT2D eigenvalue weighted by Gasteiger charge is -2.51. The summed E-state index contributed by atoms with van der Waals surface area (Å²) in [5.74, 6) is -2.25. The summed E-state index contributed by atoms with van der Waals surface area (Å²) in [6, 6.07) is 22.4. The number of halogens is 1. The van der Waals surface area contributed by atoms with Crippen LogP contribution in [0.1, 0.15) is 28.2 Å². The molecule has 2 bridgehead atoms. The number of hydrogen-bond donors (Lipinski definition) is 1. The first kappa shape index (κ1) is 17.1. The molecular weight excluding hydrogens is 430 g/mol. The number of imide groups is 1. The highest BCUT2D eigenvalue weighted by molar-refractivity contribution is 9.10. The molecule has 3 aromatic rings. The minimum atomic E-state index is -1.51. The summed E-state index contributed by atoms with van der Waals surface area (Å²) in [6.07, 6.45) is 0. The molecule has 142 valence electrons. The third kappa shape index (κ3) is 1.97. The van der Waals surface area contributed by atoms with Gasteiger partial charge in [-0.1, -0.05) is 64.5 Å². The summed E-state index contributed by atoms with van der Waals surface area (Å²) >= 11 is 3.39. The Morgan fingerprint density at radius 2 is 1.34 bits per heavy atom. The predicted octanol–water partition coefficient (Wildman–Crippen LogP) is 3.95. The SMILES string of the molecule is O=C1C2C3c4ccccc4C(O)(c4ccccc43)C2C(=O)N1c1ccc(Br)cc1. The smallest absolute Gasteiger partial charge is 0.241 e. The first-order valence-electron chi connectivity index (χ1n) is 9.58. The summed E-state index contributed by atoms with van der Waals surface area (Å²) in [6.45, 7) is 0. The van der Waals surface area contributed by atoms with Crippen molar-refractivity contribution in [2.45, 2.75) is 11.5 Å². The van der Waals surface area contributed by atoms with Crippen LogP contribution in [0.3, 0.4) is 0 Å². The first-order valence-corrected chi connectivity index (χ1v) is 10.4. The average Bonchev–Trinajstić information content (AvgIpc) is 3.01. The Hall–Kier alpha value is -2.76. The molecule has 1 N–H and O–H groups in total. The largest absolute Gasteiger partial charge is 0.379 e. The van der Waals surface area contributed by atoms with Crippen LogP contribution < -0.4 is 4.90 Å². The van der Waals surface area contributed by atoms with Gasteiger partial charge in [0.15, 0.2) is 0 Å². The highest BCUT2D eigenvalue weighted by atomic mass is 79.9. The van der Waals surface area contributed by atoms with E-state index in [1.54, 1.807) is 12.1 Å². The second kappa shape index (κ2) is 5.65. The van der Waals surface area contributed by atoms with E-state index in [1.807, 2.05) is 60.7 Å². The van der Waals surface area contributed by atoms with Crippen LogP contribution >= 0.6 is 15.9 Å². The molecule has 0 radical (unpaired) electrons. The van der Waals surface area contributed by atoms with E-state index in [0.717, 1.165) is 26.7 Å². The van der Waals surface area contributed by atoms with Crippen LogP contribution in [0.25, 0.3) is 0 Å². The minimum absolute atomic E-state index is 0.238. The monoisotopic (exact) mass is 445 g/mol. The average molecular weight is 446 g/mol. The number of benzene rings is 3. The summed E-state index contributed by atoms with van der Waals surface area (Å²) in [5, 5.41) is 12.1. The Balaban J connectivity index is 1.61. The Bertz CT molecular complexity index is 1160. The molecule has 0 spiro atoms. The van der Waals surface area contributed by atoms with Gasteiger partial charge < -0.3 is 5.11 Å². The van der Waals surface area contributed by atoms with Crippen LogP contribution in [0.5, 0.6) is 0 Å². The van der Waals surface area contributed by atoms with E-state index in [9.17, 15) is 14.7 Å². The quantitative estimate of drug-likeness (QED) is 0.576. The van der Waals surface area contributed by atoms with E-state index in [4.69, 9.17) is 0 Å². The zero-order chi connectivity index (χ0) is 19.9. The van der Waals surface area contributed by atoms with Crippen molar-refractivity contribution in [2.24, 2.45) is 11.8 Å². The normalized spacial score (nSPS) is 28.9. The molecule has 1 saturated heterocycles. The summed E-state index contributed by atoms with van der Waals surface area (Å²) in [7, 11) is 0. The summed E-state index contributed by atoms with van der Waals surface area (Å²) in [5.41, 5.74) is 2.38. The number of amides is 2. The molecule has 0 saturated carbocycles. The number of anilines is 1. The fourth-order valence-electron chi connectivity index (χ4n) is 5.58. The van der Waals surface area contributed by atoms with Gasteiger partial charge in [0.05, 0.1) is 17.5 Å². The van der Waals surface area contributed by atoms with Gasteiger partial charge in [-0.2, -0.15) is 0 Å². The van der Waals surface area contributed by atoms with E-state index in [1.165, 1.54) is 4.90 Å². The lowest BCUT2D eigenvalue weighted by molar-refractivity contribution is -0.133. The van der Waals surface area contributed by atoms with Gasteiger partial charge in [-0.05, 0) is 46.5 Å². The number of hydrogen-bond acceptors (Lipinski definition) is 3. The van der Waals surface area contributed by atoms with Crippen LogP contribution in [0.15, 0.2) is 77.3 Å². The standard InChI is InChI=1S/C24H16BrNO3/c25-13-9-11-14(12-10-13)26-22(27)20-19-15-5-1-3-7-17(15)24(29,21(20)23(26)28)18-8-4-2-6-16(18)19/h1-12,19-21,29H. The van der Waals surface area contributed by atoms with Gasteiger partial charge in [0, 0.05) is 10.4 Å². The molecule has 0 aromatic heterocycles. The molecule has 4 aliphatic rings. The summed E-state index contributed by atoms with van der Waals surface area (Å²) in [4.78, 5) is 28.4. The lowest BCUT2D eigenvalue weighted by atomic mass is 9.52. The molecule has 5 heteroatoms. The zero-order valence-electron chi connectivity index (χ0n) is 15.2. The number of rotatable bonds is 1. The van der Waals surface area contributed by atoms with Gasteiger partial charge in [-0.15, -0.1) is 0 Å². The van der Waals surface area contributed by atoms with Crippen molar-refractivity contribution in [1.29, 1.82) is 0 Å².